The van der Waals surface area contributed by atoms with Gasteiger partial charge in [-0.2, -0.15) is 0 Å². The molecule has 2 aliphatic rings. The molecule has 4 rings (SSSR count). The van der Waals surface area contributed by atoms with E-state index in [1.54, 1.807) is 24.3 Å². The molecule has 2 heterocycles. The van der Waals surface area contributed by atoms with E-state index in [1.165, 1.54) is 28.0 Å². The normalized spacial score (nSPS) is 18.7. The van der Waals surface area contributed by atoms with E-state index in [2.05, 4.69) is 0 Å². The van der Waals surface area contributed by atoms with E-state index < -0.39 is 33.9 Å². The molecule has 0 aromatic heterocycles. The molecule has 10 nitrogen and oxygen atoms in total. The number of esters is 1. The lowest BCUT2D eigenvalue weighted by atomic mass is 10.1. The number of nitrogens with zero attached hydrogens (tertiary/aromatic N) is 2. The Hall–Kier alpha value is -3.02. The third-order valence-electron chi connectivity index (χ3n) is 5.68. The van der Waals surface area contributed by atoms with Gasteiger partial charge in [0.2, 0.25) is 11.8 Å². The van der Waals surface area contributed by atoms with Crippen molar-refractivity contribution >= 4 is 62.2 Å². The van der Waals surface area contributed by atoms with Gasteiger partial charge < -0.3 is 24.0 Å². The van der Waals surface area contributed by atoms with Crippen LogP contribution >= 0.6 is 23.2 Å². The van der Waals surface area contributed by atoms with Crippen molar-refractivity contribution in [3.8, 4) is 17.2 Å². The highest BCUT2D eigenvalue weighted by atomic mass is 35.5. The minimum atomic E-state index is -3.39. The Bertz CT molecular complexity index is 1320. The molecule has 0 bridgehead atoms. The number of anilines is 2. The molecule has 2 aromatic carbocycles. The van der Waals surface area contributed by atoms with Crippen molar-refractivity contribution in [2.45, 2.75) is 18.6 Å². The summed E-state index contributed by atoms with van der Waals surface area (Å²) in [5.74, 6) is -1.41. The maximum Gasteiger partial charge on any atom is 0.315 e. The second-order valence-electron chi connectivity index (χ2n) is 8.62. The maximum absolute atomic E-state index is 12.7. The Morgan fingerprint density at radius 2 is 1.51 bits per heavy atom. The maximum atomic E-state index is 12.7. The Morgan fingerprint density at radius 1 is 0.919 bits per heavy atom. The number of halogens is 2. The van der Waals surface area contributed by atoms with E-state index in [0.717, 1.165) is 6.26 Å². The molecule has 0 aliphatic carbocycles. The summed E-state index contributed by atoms with van der Waals surface area (Å²) >= 11 is 11.5. The summed E-state index contributed by atoms with van der Waals surface area (Å²) in [6, 6.07) is 11.4. The molecule has 0 radical (unpaired) electrons. The first kappa shape index (κ1) is 27.0. The number of ether oxygens (including phenoxy) is 3. The molecule has 2 amide bonds. The van der Waals surface area contributed by atoms with Crippen LogP contribution < -0.4 is 24.0 Å². The first-order chi connectivity index (χ1) is 17.6. The molecule has 0 saturated heterocycles. The van der Waals surface area contributed by atoms with Crippen LogP contribution in [0.2, 0.25) is 0 Å². The van der Waals surface area contributed by atoms with Crippen molar-refractivity contribution in [2.75, 3.05) is 46.7 Å². The Labute approximate surface area is 223 Å². The van der Waals surface area contributed by atoms with Gasteiger partial charge in [-0.1, -0.05) is 12.1 Å². The van der Waals surface area contributed by atoms with Gasteiger partial charge in [-0.05, 0) is 24.3 Å². The second kappa shape index (κ2) is 11.2. The van der Waals surface area contributed by atoms with Gasteiger partial charge in [-0.3, -0.25) is 14.4 Å². The predicted octanol–water partition coefficient (Wildman–Crippen LogP) is 2.39. The fourth-order valence-electron chi connectivity index (χ4n) is 4.20. The molecule has 2 atom stereocenters. The SMILES string of the molecule is CS(=O)(=O)CC1CN(C(=O)CCl)c2ccc(OC(=O)CC3CN(C(=O)CCl)c4ccccc4O3)cc2O1. The Kier molecular flexibility index (Phi) is 8.15. The number of sulfone groups is 1. The molecule has 2 aliphatic heterocycles. The Morgan fingerprint density at radius 3 is 2.16 bits per heavy atom. The zero-order valence-corrected chi connectivity index (χ0v) is 22.1. The number of rotatable bonds is 7. The molecule has 0 spiro atoms. The zero-order valence-electron chi connectivity index (χ0n) is 19.8. The van der Waals surface area contributed by atoms with Crippen LogP contribution in [0.5, 0.6) is 17.2 Å². The van der Waals surface area contributed by atoms with Crippen LogP contribution in [0.4, 0.5) is 11.4 Å². The number of carbonyl (C=O) groups is 3. The molecule has 13 heteroatoms. The van der Waals surface area contributed by atoms with E-state index in [1.807, 2.05) is 0 Å². The van der Waals surface area contributed by atoms with E-state index in [0.29, 0.717) is 17.1 Å². The third-order valence-corrected chi connectivity index (χ3v) is 7.12. The van der Waals surface area contributed by atoms with Crippen LogP contribution in [0.15, 0.2) is 42.5 Å². The fraction of sp³-hybridized carbons (Fsp3) is 0.375. The summed E-state index contributed by atoms with van der Waals surface area (Å²) in [6.45, 7) is 0.135. The lowest BCUT2D eigenvalue weighted by Gasteiger charge is -2.35. The molecule has 0 N–H and O–H groups in total. The van der Waals surface area contributed by atoms with Gasteiger partial charge in [0.15, 0.2) is 9.84 Å². The molecule has 2 aromatic rings. The number of hydrogen-bond acceptors (Lipinski definition) is 8. The zero-order chi connectivity index (χ0) is 26.7. The van der Waals surface area contributed by atoms with Crippen molar-refractivity contribution < 1.29 is 37.0 Å². The van der Waals surface area contributed by atoms with Crippen molar-refractivity contribution in [1.82, 2.24) is 0 Å². The topological polar surface area (TPSA) is 120 Å². The van der Waals surface area contributed by atoms with E-state index in [-0.39, 0.29) is 54.4 Å². The summed E-state index contributed by atoms with van der Waals surface area (Å²) < 4.78 is 40.8. The van der Waals surface area contributed by atoms with Crippen molar-refractivity contribution in [3.05, 3.63) is 42.5 Å². The van der Waals surface area contributed by atoms with Gasteiger partial charge in [0.05, 0.1) is 36.6 Å². The Balaban J connectivity index is 1.49. The van der Waals surface area contributed by atoms with Gasteiger partial charge in [-0.25, -0.2) is 8.42 Å². The average Bonchev–Trinajstić information content (AvgIpc) is 2.85. The van der Waals surface area contributed by atoms with E-state index in [9.17, 15) is 22.8 Å². The number of para-hydroxylation sites is 2. The summed E-state index contributed by atoms with van der Waals surface area (Å²) in [5, 5.41) is 0. The van der Waals surface area contributed by atoms with Crippen molar-refractivity contribution in [2.24, 2.45) is 0 Å². The van der Waals surface area contributed by atoms with Gasteiger partial charge in [-0.15, -0.1) is 23.2 Å². The highest BCUT2D eigenvalue weighted by Gasteiger charge is 2.33. The first-order valence-corrected chi connectivity index (χ1v) is 14.4. The molecule has 0 saturated carbocycles. The lowest BCUT2D eigenvalue weighted by molar-refractivity contribution is -0.136. The molecule has 2 unspecified atom stereocenters. The lowest BCUT2D eigenvalue weighted by Crippen LogP contribution is -2.46. The molecular weight excluding hydrogens is 547 g/mol. The van der Waals surface area contributed by atoms with Crippen molar-refractivity contribution in [3.63, 3.8) is 0 Å². The molecule has 0 fully saturated rings. The number of amides is 2. The number of fused-ring (bicyclic) bond motifs is 2. The largest absolute Gasteiger partial charge is 0.486 e. The number of benzene rings is 2. The van der Waals surface area contributed by atoms with Gasteiger partial charge >= 0.3 is 5.97 Å². The minimum absolute atomic E-state index is 0.0166. The van der Waals surface area contributed by atoms with E-state index in [4.69, 9.17) is 37.4 Å². The number of hydrogen-bond donors (Lipinski definition) is 0. The van der Waals surface area contributed by atoms with Crippen LogP contribution in [-0.4, -0.2) is 75.3 Å². The second-order valence-corrected chi connectivity index (χ2v) is 11.3. The smallest absolute Gasteiger partial charge is 0.315 e. The fourth-order valence-corrected chi connectivity index (χ4v) is 5.34. The number of carbonyl (C=O) groups excluding carboxylic acids is 3. The number of alkyl halides is 2. The van der Waals surface area contributed by atoms with Crippen LogP contribution in [0.3, 0.4) is 0 Å². The summed E-state index contributed by atoms with van der Waals surface area (Å²) in [5.41, 5.74) is 0.960. The average molecular weight is 571 g/mol. The third kappa shape index (κ3) is 6.46. The monoisotopic (exact) mass is 570 g/mol. The summed E-state index contributed by atoms with van der Waals surface area (Å²) in [6.07, 6.45) is -0.571. The van der Waals surface area contributed by atoms with Crippen LogP contribution in [0.25, 0.3) is 0 Å². The predicted molar refractivity (Wildman–Crippen MR) is 138 cm³/mol. The highest BCUT2D eigenvalue weighted by Crippen LogP contribution is 2.38. The van der Waals surface area contributed by atoms with Crippen LogP contribution in [-0.2, 0) is 24.2 Å². The molecule has 37 heavy (non-hydrogen) atoms. The van der Waals surface area contributed by atoms with Gasteiger partial charge in [0.1, 0.15) is 41.2 Å². The molecular formula is C24H24Cl2N2O8S. The summed E-state index contributed by atoms with van der Waals surface area (Å²) in [4.78, 5) is 40.3. The summed E-state index contributed by atoms with van der Waals surface area (Å²) in [7, 11) is -3.39. The first-order valence-electron chi connectivity index (χ1n) is 11.3. The van der Waals surface area contributed by atoms with Crippen LogP contribution in [0.1, 0.15) is 6.42 Å². The van der Waals surface area contributed by atoms with Gasteiger partial charge in [0, 0.05) is 12.3 Å². The van der Waals surface area contributed by atoms with Gasteiger partial charge in [0.25, 0.3) is 0 Å². The van der Waals surface area contributed by atoms with E-state index >= 15 is 0 Å². The molecule has 198 valence electrons. The minimum Gasteiger partial charge on any atom is -0.486 e. The van der Waals surface area contributed by atoms with Crippen LogP contribution in [0, 0.1) is 0 Å². The highest BCUT2D eigenvalue weighted by molar-refractivity contribution is 7.90. The van der Waals surface area contributed by atoms with Crippen molar-refractivity contribution in [1.29, 1.82) is 0 Å². The standard InChI is InChI=1S/C24H24Cl2N2O8S/c1-37(32,33)14-17-13-28(23(30)11-26)19-7-6-15(8-21(19)35-17)36-24(31)9-16-12-27(22(29)10-25)18-4-2-3-5-20(18)34-16/h2-8,16-17H,9-14H2,1H3. The quantitative estimate of drug-likeness (QED) is 0.283.